The number of nitrogens with zero attached hydrogens (tertiary/aromatic N) is 1. The van der Waals surface area contributed by atoms with Crippen LogP contribution < -0.4 is 23.8 Å². The van der Waals surface area contributed by atoms with Gasteiger partial charge in [-0.15, -0.1) is 0 Å². The lowest BCUT2D eigenvalue weighted by molar-refractivity contribution is -0.114. The third-order valence-electron chi connectivity index (χ3n) is 5.18. The molecule has 0 aliphatic rings. The molecule has 0 fully saturated rings. The van der Waals surface area contributed by atoms with E-state index in [4.69, 9.17) is 21.1 Å². The number of methoxy groups -OCH3 is 2. The molecule has 0 unspecified atom stereocenters. The summed E-state index contributed by atoms with van der Waals surface area (Å²) in [6.45, 7) is 2.72. The van der Waals surface area contributed by atoms with E-state index in [0.29, 0.717) is 5.75 Å². The van der Waals surface area contributed by atoms with Gasteiger partial charge in [-0.1, -0.05) is 17.7 Å². The Kier molecular flexibility index (Phi) is 9.26. The molecule has 3 aromatic carbocycles. The van der Waals surface area contributed by atoms with Crippen LogP contribution in [0, 0.1) is 0 Å². The number of nitrogens with one attached hydrogen (secondary N) is 2. The summed E-state index contributed by atoms with van der Waals surface area (Å²) in [5.41, 5.74) is 0.213. The Morgan fingerprint density at radius 2 is 1.58 bits per heavy atom. The van der Waals surface area contributed by atoms with Gasteiger partial charge in [0.15, 0.2) is 0 Å². The van der Waals surface area contributed by atoms with Crippen molar-refractivity contribution >= 4 is 48.9 Å². The molecule has 3 rings (SSSR count). The number of sulfonamides is 2. The van der Waals surface area contributed by atoms with Crippen LogP contribution in [0.5, 0.6) is 11.5 Å². The second-order valence-corrected chi connectivity index (χ2v) is 12.4. The molecule has 0 heterocycles. The molecule has 3 aromatic rings. The molecular weight excluding hydrogens is 554 g/mol. The fourth-order valence-electron chi connectivity index (χ4n) is 3.47. The number of hydrogen-bond donors (Lipinski definition) is 2. The summed E-state index contributed by atoms with van der Waals surface area (Å²) in [6.07, 6.45) is 0. The molecule has 0 saturated carbocycles. The van der Waals surface area contributed by atoms with Gasteiger partial charge < -0.3 is 14.8 Å². The molecule has 13 heteroatoms. The maximum atomic E-state index is 13.6. The lowest BCUT2D eigenvalue weighted by Gasteiger charge is -2.24. The van der Waals surface area contributed by atoms with E-state index >= 15 is 0 Å². The summed E-state index contributed by atoms with van der Waals surface area (Å²) in [5.74, 6) is -0.0919. The van der Waals surface area contributed by atoms with Crippen LogP contribution in [0.1, 0.15) is 13.8 Å². The zero-order valence-electron chi connectivity index (χ0n) is 21.1. The van der Waals surface area contributed by atoms with E-state index in [-0.39, 0.29) is 38.0 Å². The summed E-state index contributed by atoms with van der Waals surface area (Å²) < 4.78 is 66.2. The van der Waals surface area contributed by atoms with Crippen LogP contribution in [0.25, 0.3) is 0 Å². The van der Waals surface area contributed by atoms with E-state index in [0.717, 1.165) is 4.31 Å². The minimum absolute atomic E-state index is 0.0528. The minimum Gasteiger partial charge on any atom is -0.497 e. The maximum absolute atomic E-state index is 13.6. The van der Waals surface area contributed by atoms with Gasteiger partial charge >= 0.3 is 0 Å². The van der Waals surface area contributed by atoms with Crippen molar-refractivity contribution in [3.63, 3.8) is 0 Å². The molecule has 0 saturated heterocycles. The Bertz CT molecular complexity index is 1510. The lowest BCUT2D eigenvalue weighted by Crippen LogP contribution is -2.38. The molecule has 0 atom stereocenters. The molecule has 0 radical (unpaired) electrons. The summed E-state index contributed by atoms with van der Waals surface area (Å²) in [5, 5.41) is 2.84. The van der Waals surface area contributed by atoms with Gasteiger partial charge in [0, 0.05) is 11.1 Å². The molecule has 2 N–H and O–H groups in total. The quantitative estimate of drug-likeness (QED) is 0.351. The first-order valence-corrected chi connectivity index (χ1v) is 14.6. The number of carbonyl (C=O) groups excluding carboxylic acids is 1. The third kappa shape index (κ3) is 6.95. The van der Waals surface area contributed by atoms with Gasteiger partial charge in [-0.2, -0.15) is 0 Å². The van der Waals surface area contributed by atoms with E-state index in [9.17, 15) is 21.6 Å². The maximum Gasteiger partial charge on any atom is 0.264 e. The van der Waals surface area contributed by atoms with Crippen LogP contribution in [0.4, 0.5) is 11.4 Å². The molecule has 0 aliphatic carbocycles. The van der Waals surface area contributed by atoms with Crippen LogP contribution >= 0.6 is 11.6 Å². The van der Waals surface area contributed by atoms with Gasteiger partial charge in [-0.25, -0.2) is 21.6 Å². The monoisotopic (exact) mass is 581 g/mol. The highest BCUT2D eigenvalue weighted by molar-refractivity contribution is 7.92. The average molecular weight is 582 g/mol. The Hall–Kier alpha value is -3.32. The highest BCUT2D eigenvalue weighted by Gasteiger charge is 2.28. The fourth-order valence-corrected chi connectivity index (χ4v) is 6.35. The first-order valence-electron chi connectivity index (χ1n) is 11.3. The molecule has 204 valence electrons. The number of halogens is 1. The molecule has 10 nitrogen and oxygen atoms in total. The standard InChI is InChI=1S/C25H28ClN3O7S2/c1-17(2)28-37(31,32)22-12-13-24(36-4)23(15-22)27-25(30)16-29(19-7-5-6-18(26)14-19)38(33,34)21-10-8-20(35-3)9-11-21/h5-15,17,28H,16H2,1-4H3,(H,27,30). The first kappa shape index (κ1) is 29.2. The highest BCUT2D eigenvalue weighted by Crippen LogP contribution is 2.30. The van der Waals surface area contributed by atoms with Gasteiger partial charge in [-0.05, 0) is 74.5 Å². The predicted octanol–water partition coefficient (Wildman–Crippen LogP) is 3.88. The van der Waals surface area contributed by atoms with E-state index in [2.05, 4.69) is 10.0 Å². The largest absolute Gasteiger partial charge is 0.497 e. The fraction of sp³-hybridized carbons (Fsp3) is 0.240. The van der Waals surface area contributed by atoms with Gasteiger partial charge in [-0.3, -0.25) is 9.10 Å². The van der Waals surface area contributed by atoms with Crippen molar-refractivity contribution in [3.05, 3.63) is 71.8 Å². The van der Waals surface area contributed by atoms with Crippen molar-refractivity contribution in [3.8, 4) is 11.5 Å². The van der Waals surface area contributed by atoms with E-state index in [1.807, 2.05) is 0 Å². The number of ether oxygens (including phenoxy) is 2. The Labute approximate surface area is 227 Å². The van der Waals surface area contributed by atoms with Crippen LogP contribution in [0.2, 0.25) is 5.02 Å². The second-order valence-electron chi connectivity index (χ2n) is 8.35. The minimum atomic E-state index is -4.22. The SMILES string of the molecule is COc1ccc(S(=O)(=O)N(CC(=O)Nc2cc(S(=O)(=O)NC(C)C)ccc2OC)c2cccc(Cl)c2)cc1. The van der Waals surface area contributed by atoms with Gasteiger partial charge in [0.05, 0.1) is 35.4 Å². The first-order chi connectivity index (χ1) is 17.9. The molecule has 0 aromatic heterocycles. The number of amides is 1. The topological polar surface area (TPSA) is 131 Å². The molecule has 38 heavy (non-hydrogen) atoms. The molecule has 1 amide bonds. The Morgan fingerprint density at radius 3 is 2.16 bits per heavy atom. The number of rotatable bonds is 11. The number of hydrogen-bond acceptors (Lipinski definition) is 7. The number of carbonyl (C=O) groups is 1. The van der Waals surface area contributed by atoms with E-state index in [1.54, 1.807) is 26.0 Å². The number of anilines is 2. The van der Waals surface area contributed by atoms with Gasteiger partial charge in [0.2, 0.25) is 15.9 Å². The highest BCUT2D eigenvalue weighted by atomic mass is 35.5. The summed E-state index contributed by atoms with van der Waals surface area (Å²) in [7, 11) is -5.27. The summed E-state index contributed by atoms with van der Waals surface area (Å²) in [6, 6.07) is 15.4. The van der Waals surface area contributed by atoms with Gasteiger partial charge in [0.25, 0.3) is 10.0 Å². The van der Waals surface area contributed by atoms with Crippen molar-refractivity contribution in [2.24, 2.45) is 0 Å². The zero-order chi connectivity index (χ0) is 28.1. The van der Waals surface area contributed by atoms with Crippen LogP contribution in [0.3, 0.4) is 0 Å². The van der Waals surface area contributed by atoms with Crippen LogP contribution in [-0.4, -0.2) is 49.5 Å². The van der Waals surface area contributed by atoms with Crippen molar-refractivity contribution in [2.75, 3.05) is 30.4 Å². The predicted molar refractivity (Wildman–Crippen MR) is 146 cm³/mol. The Balaban J connectivity index is 1.98. The van der Waals surface area contributed by atoms with Crippen molar-refractivity contribution in [1.29, 1.82) is 0 Å². The van der Waals surface area contributed by atoms with E-state index < -0.39 is 32.5 Å². The molecule has 0 aliphatic heterocycles. The smallest absolute Gasteiger partial charge is 0.264 e. The molecule has 0 bridgehead atoms. The van der Waals surface area contributed by atoms with Crippen molar-refractivity contribution in [1.82, 2.24) is 4.72 Å². The van der Waals surface area contributed by atoms with Crippen LogP contribution in [0.15, 0.2) is 76.5 Å². The van der Waals surface area contributed by atoms with Gasteiger partial charge in [0.1, 0.15) is 18.0 Å². The molecule has 0 spiro atoms. The normalized spacial score (nSPS) is 11.7. The third-order valence-corrected chi connectivity index (χ3v) is 8.86. The second kappa shape index (κ2) is 12.0. The van der Waals surface area contributed by atoms with Crippen LogP contribution in [-0.2, 0) is 24.8 Å². The summed E-state index contributed by atoms with van der Waals surface area (Å²) in [4.78, 5) is 13.0. The van der Waals surface area contributed by atoms with Crippen molar-refractivity contribution in [2.45, 2.75) is 29.7 Å². The van der Waals surface area contributed by atoms with Crippen molar-refractivity contribution < 1.29 is 31.1 Å². The number of benzene rings is 3. The summed E-state index contributed by atoms with van der Waals surface area (Å²) >= 11 is 6.11. The Morgan fingerprint density at radius 1 is 0.921 bits per heavy atom. The zero-order valence-corrected chi connectivity index (χ0v) is 23.5. The van der Waals surface area contributed by atoms with E-state index in [1.165, 1.54) is 68.8 Å². The lowest BCUT2D eigenvalue weighted by atomic mass is 10.3. The average Bonchev–Trinajstić information content (AvgIpc) is 2.86. The molecular formula is C25H28ClN3O7S2.